The summed E-state index contributed by atoms with van der Waals surface area (Å²) in [6.45, 7) is 7.31. The maximum absolute atomic E-state index is 13.0. The molecule has 4 rings (SSSR count). The number of benzene rings is 1. The Balaban J connectivity index is 1.33. The van der Waals surface area contributed by atoms with Crippen LogP contribution in [0.5, 0.6) is 0 Å². The summed E-state index contributed by atoms with van der Waals surface area (Å²) in [5, 5.41) is 11.1. The molecule has 3 aromatic rings. The van der Waals surface area contributed by atoms with E-state index in [2.05, 4.69) is 15.3 Å². The Bertz CT molecular complexity index is 1080. The highest BCUT2D eigenvalue weighted by atomic mass is 32.1. The van der Waals surface area contributed by atoms with Gasteiger partial charge >= 0.3 is 0 Å². The molecule has 3 heterocycles. The molecule has 174 valence electrons. The van der Waals surface area contributed by atoms with Gasteiger partial charge in [0.05, 0.1) is 18.3 Å². The van der Waals surface area contributed by atoms with E-state index in [1.165, 1.54) is 0 Å². The minimum Gasteiger partial charge on any atom is -0.342 e. The molecular weight excluding hydrogens is 436 g/mol. The Hall–Kier alpha value is -3.07. The van der Waals surface area contributed by atoms with E-state index >= 15 is 0 Å². The highest BCUT2D eigenvalue weighted by Crippen LogP contribution is 2.24. The summed E-state index contributed by atoms with van der Waals surface area (Å²) < 4.78 is 1.74. The molecule has 0 N–H and O–H groups in total. The molecule has 1 saturated heterocycles. The molecule has 0 unspecified atom stereocenters. The van der Waals surface area contributed by atoms with Crippen LogP contribution in [0.3, 0.4) is 0 Å². The number of nitrogens with zero attached hydrogens (tertiary/aromatic N) is 6. The van der Waals surface area contributed by atoms with E-state index in [-0.39, 0.29) is 17.7 Å². The molecule has 1 aliphatic heterocycles. The fourth-order valence-electron chi connectivity index (χ4n) is 4.23. The van der Waals surface area contributed by atoms with Gasteiger partial charge in [0.15, 0.2) is 5.69 Å². The molecular formula is C24H30N6O2S. The maximum Gasteiger partial charge on any atom is 0.276 e. The van der Waals surface area contributed by atoms with Gasteiger partial charge in [0.2, 0.25) is 5.91 Å². The van der Waals surface area contributed by atoms with Crippen LogP contribution in [0.1, 0.15) is 42.9 Å². The van der Waals surface area contributed by atoms with Crippen LogP contribution in [0, 0.1) is 5.92 Å². The quantitative estimate of drug-likeness (QED) is 0.508. The van der Waals surface area contributed by atoms with Crippen LogP contribution in [-0.2, 0) is 17.8 Å². The van der Waals surface area contributed by atoms with Gasteiger partial charge in [-0.15, -0.1) is 16.4 Å². The Labute approximate surface area is 198 Å². The summed E-state index contributed by atoms with van der Waals surface area (Å²) in [7, 11) is 0. The third-order valence-corrected chi connectivity index (χ3v) is 6.97. The number of hydrogen-bond donors (Lipinski definition) is 0. The molecule has 1 fully saturated rings. The standard InChI is InChI=1S/C24H30N6O2S/c1-3-28(4-2)24(32)21-16-30(27-26-21)15-18-9-8-12-29(14-18)22(31)13-20-17-33-23(25-20)19-10-6-5-7-11-19/h5-7,10-11,16-18H,3-4,8-9,12-15H2,1-2H3/t18-/m1/s1. The first kappa shape index (κ1) is 23.1. The lowest BCUT2D eigenvalue weighted by Crippen LogP contribution is -2.41. The summed E-state index contributed by atoms with van der Waals surface area (Å²) >= 11 is 1.57. The normalized spacial score (nSPS) is 16.1. The van der Waals surface area contributed by atoms with Crippen LogP contribution in [0.25, 0.3) is 10.6 Å². The first-order valence-electron chi connectivity index (χ1n) is 11.5. The largest absolute Gasteiger partial charge is 0.342 e. The molecule has 1 aliphatic rings. The average molecular weight is 467 g/mol. The second-order valence-corrected chi connectivity index (χ2v) is 9.20. The second-order valence-electron chi connectivity index (χ2n) is 8.34. The maximum atomic E-state index is 13.0. The van der Waals surface area contributed by atoms with Gasteiger partial charge in [-0.05, 0) is 32.6 Å². The number of hydrogen-bond acceptors (Lipinski definition) is 6. The van der Waals surface area contributed by atoms with Crippen molar-refractivity contribution in [3.05, 3.63) is 53.3 Å². The minimum atomic E-state index is -0.0927. The van der Waals surface area contributed by atoms with Crippen molar-refractivity contribution in [2.75, 3.05) is 26.2 Å². The number of thiazole rings is 1. The third-order valence-electron chi connectivity index (χ3n) is 6.03. The van der Waals surface area contributed by atoms with Gasteiger partial charge < -0.3 is 9.80 Å². The van der Waals surface area contributed by atoms with Crippen LogP contribution in [0.4, 0.5) is 0 Å². The lowest BCUT2D eigenvalue weighted by Gasteiger charge is -2.32. The molecule has 1 atom stereocenters. The first-order chi connectivity index (χ1) is 16.1. The Morgan fingerprint density at radius 1 is 1.18 bits per heavy atom. The molecule has 9 heteroatoms. The second kappa shape index (κ2) is 10.7. The average Bonchev–Trinajstić information content (AvgIpc) is 3.50. The van der Waals surface area contributed by atoms with Crippen molar-refractivity contribution in [3.63, 3.8) is 0 Å². The number of piperidine rings is 1. The van der Waals surface area contributed by atoms with Crippen LogP contribution in [0.15, 0.2) is 41.9 Å². The van der Waals surface area contributed by atoms with Crippen LogP contribution < -0.4 is 0 Å². The molecule has 33 heavy (non-hydrogen) atoms. The molecule has 0 spiro atoms. The van der Waals surface area contributed by atoms with Crippen molar-refractivity contribution in [1.29, 1.82) is 0 Å². The zero-order valence-electron chi connectivity index (χ0n) is 19.2. The van der Waals surface area contributed by atoms with Crippen molar-refractivity contribution < 1.29 is 9.59 Å². The Morgan fingerprint density at radius 2 is 1.97 bits per heavy atom. The molecule has 0 saturated carbocycles. The zero-order valence-corrected chi connectivity index (χ0v) is 20.0. The van der Waals surface area contributed by atoms with E-state index in [0.717, 1.165) is 35.7 Å². The smallest absolute Gasteiger partial charge is 0.276 e. The first-order valence-corrected chi connectivity index (χ1v) is 12.4. The van der Waals surface area contributed by atoms with E-state index in [9.17, 15) is 9.59 Å². The number of amides is 2. The molecule has 2 aromatic heterocycles. The number of aromatic nitrogens is 4. The van der Waals surface area contributed by atoms with Crippen molar-refractivity contribution in [1.82, 2.24) is 29.8 Å². The van der Waals surface area contributed by atoms with Gasteiger partial charge in [-0.25, -0.2) is 4.98 Å². The van der Waals surface area contributed by atoms with Crippen molar-refractivity contribution in [3.8, 4) is 10.6 Å². The van der Waals surface area contributed by atoms with Gasteiger partial charge in [0.25, 0.3) is 5.91 Å². The van der Waals surface area contributed by atoms with Crippen LogP contribution in [0.2, 0.25) is 0 Å². The topological polar surface area (TPSA) is 84.2 Å². The van der Waals surface area contributed by atoms with Gasteiger partial charge in [0.1, 0.15) is 5.01 Å². The summed E-state index contributed by atoms with van der Waals surface area (Å²) in [5.41, 5.74) is 2.27. The summed E-state index contributed by atoms with van der Waals surface area (Å²) in [4.78, 5) is 33.8. The lowest BCUT2D eigenvalue weighted by molar-refractivity contribution is -0.132. The zero-order chi connectivity index (χ0) is 23.2. The minimum absolute atomic E-state index is 0.0927. The Kier molecular flexibility index (Phi) is 7.49. The van der Waals surface area contributed by atoms with Crippen LogP contribution in [-0.4, -0.2) is 67.8 Å². The van der Waals surface area contributed by atoms with E-state index in [1.54, 1.807) is 27.1 Å². The molecule has 0 bridgehead atoms. The van der Waals surface area contributed by atoms with E-state index in [0.29, 0.717) is 38.3 Å². The van der Waals surface area contributed by atoms with Gasteiger partial charge in [-0.1, -0.05) is 35.5 Å². The number of carbonyl (C=O) groups is 2. The number of likely N-dealkylation sites (tertiary alicyclic amines) is 1. The summed E-state index contributed by atoms with van der Waals surface area (Å²) in [6, 6.07) is 10.0. The molecule has 1 aromatic carbocycles. The van der Waals surface area contributed by atoms with E-state index in [1.807, 2.05) is 54.5 Å². The van der Waals surface area contributed by atoms with Crippen LogP contribution >= 0.6 is 11.3 Å². The van der Waals surface area contributed by atoms with Crippen molar-refractivity contribution >= 4 is 23.2 Å². The highest BCUT2D eigenvalue weighted by molar-refractivity contribution is 7.13. The monoisotopic (exact) mass is 466 g/mol. The third kappa shape index (κ3) is 5.65. The van der Waals surface area contributed by atoms with Gasteiger partial charge in [0, 0.05) is 43.7 Å². The van der Waals surface area contributed by atoms with Crippen molar-refractivity contribution in [2.45, 2.75) is 39.7 Å². The predicted octanol–water partition coefficient (Wildman–Crippen LogP) is 3.36. The fraction of sp³-hybridized carbons (Fsp3) is 0.458. The summed E-state index contributed by atoms with van der Waals surface area (Å²) in [5.74, 6) is 0.307. The van der Waals surface area contributed by atoms with Crippen molar-refractivity contribution in [2.24, 2.45) is 5.92 Å². The fourth-order valence-corrected chi connectivity index (χ4v) is 5.06. The lowest BCUT2D eigenvalue weighted by atomic mass is 9.97. The highest BCUT2D eigenvalue weighted by Gasteiger charge is 2.25. The predicted molar refractivity (Wildman–Crippen MR) is 128 cm³/mol. The Morgan fingerprint density at radius 3 is 2.73 bits per heavy atom. The van der Waals surface area contributed by atoms with E-state index in [4.69, 9.17) is 0 Å². The SMILES string of the molecule is CCN(CC)C(=O)c1cn(C[C@@H]2CCCN(C(=O)Cc3csc(-c4ccccc4)n3)C2)nn1. The number of rotatable bonds is 8. The molecule has 2 amide bonds. The van der Waals surface area contributed by atoms with Gasteiger partial charge in [-0.3, -0.25) is 14.3 Å². The van der Waals surface area contributed by atoms with E-state index < -0.39 is 0 Å². The number of carbonyl (C=O) groups excluding carboxylic acids is 2. The van der Waals surface area contributed by atoms with Gasteiger partial charge in [-0.2, -0.15) is 0 Å². The molecule has 8 nitrogen and oxygen atoms in total. The molecule has 0 aliphatic carbocycles. The summed E-state index contributed by atoms with van der Waals surface area (Å²) in [6.07, 6.45) is 4.03. The molecule has 0 radical (unpaired) electrons.